The van der Waals surface area contributed by atoms with Crippen molar-refractivity contribution in [2.24, 2.45) is 5.41 Å². The van der Waals surface area contributed by atoms with Crippen molar-refractivity contribution >= 4 is 33.1 Å². The molecule has 0 aromatic heterocycles. The summed E-state index contributed by atoms with van der Waals surface area (Å²) in [4.78, 5) is 14.0. The number of piperidine rings is 1. The molecule has 0 saturated carbocycles. The van der Waals surface area contributed by atoms with Gasteiger partial charge in [0, 0.05) is 36.3 Å². The maximum atomic E-state index is 14.8. The monoisotopic (exact) mass is 617 g/mol. The van der Waals surface area contributed by atoms with Crippen LogP contribution in [0.1, 0.15) is 59.3 Å². The molecular weight excluding hydrogens is 593 g/mol. The summed E-state index contributed by atoms with van der Waals surface area (Å²) in [5.74, 6) is -3.01. The number of halogens is 6. The SMILES string of the molecule is C[C@H](c1cc(C(F)(F)F)cc(Cl)c1F)N1CCC(C#N)(COc2cc(F)c(C(=O)NS(C)(=O)=O)cc2C2=CC2)CC1. The Balaban J connectivity index is 1.49. The first-order valence-corrected chi connectivity index (χ1v) is 14.7. The summed E-state index contributed by atoms with van der Waals surface area (Å²) in [6, 6.07) is 4.92. The van der Waals surface area contributed by atoms with Gasteiger partial charge in [-0.1, -0.05) is 17.7 Å². The van der Waals surface area contributed by atoms with E-state index in [0.29, 0.717) is 18.1 Å². The van der Waals surface area contributed by atoms with Gasteiger partial charge in [0.1, 0.15) is 24.0 Å². The number of amides is 1. The van der Waals surface area contributed by atoms with Crippen LogP contribution in [-0.4, -0.2) is 45.2 Å². The van der Waals surface area contributed by atoms with Gasteiger partial charge in [0.2, 0.25) is 10.0 Å². The van der Waals surface area contributed by atoms with E-state index in [1.54, 1.807) is 22.6 Å². The average Bonchev–Trinajstić information content (AvgIpc) is 3.72. The minimum absolute atomic E-state index is 0.0771. The van der Waals surface area contributed by atoms with E-state index in [4.69, 9.17) is 16.3 Å². The molecule has 0 spiro atoms. The summed E-state index contributed by atoms with van der Waals surface area (Å²) in [5.41, 5.74) is -1.63. The fourth-order valence-corrected chi connectivity index (χ4v) is 5.39. The summed E-state index contributed by atoms with van der Waals surface area (Å²) < 4.78 is 99.8. The number of carbonyl (C=O) groups is 1. The predicted molar refractivity (Wildman–Crippen MR) is 140 cm³/mol. The number of hydrogen-bond donors (Lipinski definition) is 1. The maximum Gasteiger partial charge on any atom is 0.416 e. The molecule has 0 unspecified atom stereocenters. The van der Waals surface area contributed by atoms with Crippen molar-refractivity contribution in [3.63, 3.8) is 0 Å². The molecule has 1 aliphatic carbocycles. The van der Waals surface area contributed by atoms with E-state index in [2.05, 4.69) is 6.07 Å². The standard InChI is InChI=1S/C27H25ClF5N3O4S/c1-15(18-9-17(27(31,32)33)10-21(28)24(18)30)36-7-5-26(13-34,6-8-36)14-40-23-12-22(29)20(11-19(23)16-3-4-16)25(37)35-41(2,38)39/h3,9-12,15H,4-8,14H2,1-2H3,(H,35,37)/t15-/m1/s1. The van der Waals surface area contributed by atoms with Crippen molar-refractivity contribution in [2.75, 3.05) is 26.0 Å². The first-order chi connectivity index (χ1) is 19.0. The molecule has 0 bridgehead atoms. The largest absolute Gasteiger partial charge is 0.491 e. The number of nitrogens with one attached hydrogen (secondary N) is 1. The highest BCUT2D eigenvalue weighted by atomic mass is 35.5. The summed E-state index contributed by atoms with van der Waals surface area (Å²) in [6.07, 6.45) is -1.11. The van der Waals surface area contributed by atoms with Crippen LogP contribution < -0.4 is 9.46 Å². The fraction of sp³-hybridized carbons (Fsp3) is 0.407. The van der Waals surface area contributed by atoms with Gasteiger partial charge in [-0.25, -0.2) is 21.9 Å². The number of nitriles is 1. The summed E-state index contributed by atoms with van der Waals surface area (Å²) in [5, 5.41) is 9.36. The van der Waals surface area contributed by atoms with E-state index in [0.717, 1.165) is 24.0 Å². The van der Waals surface area contributed by atoms with Gasteiger partial charge >= 0.3 is 6.18 Å². The third kappa shape index (κ3) is 6.99. The van der Waals surface area contributed by atoms with Gasteiger partial charge in [-0.15, -0.1) is 0 Å². The Labute approximate surface area is 238 Å². The van der Waals surface area contributed by atoms with Gasteiger partial charge in [-0.3, -0.25) is 9.69 Å². The Morgan fingerprint density at radius 3 is 2.39 bits per heavy atom. The van der Waals surface area contributed by atoms with Crippen molar-refractivity contribution in [1.29, 1.82) is 5.26 Å². The minimum atomic E-state index is -4.70. The Morgan fingerprint density at radius 1 is 1.22 bits per heavy atom. The van der Waals surface area contributed by atoms with Crippen LogP contribution in [0.25, 0.3) is 5.57 Å². The Hall–Kier alpha value is -3.21. The molecule has 7 nitrogen and oxygen atoms in total. The van der Waals surface area contributed by atoms with Crippen molar-refractivity contribution in [3.8, 4) is 11.8 Å². The fourth-order valence-electron chi connectivity index (χ4n) is 4.71. The number of nitrogens with zero attached hydrogens (tertiary/aromatic N) is 2. The number of benzene rings is 2. The number of alkyl halides is 3. The second-order valence-electron chi connectivity index (χ2n) is 10.2. The smallest absolute Gasteiger partial charge is 0.416 e. The maximum absolute atomic E-state index is 14.8. The van der Waals surface area contributed by atoms with Crippen molar-refractivity contribution < 1.29 is 39.9 Å². The second-order valence-corrected chi connectivity index (χ2v) is 12.4. The Kier molecular flexibility index (Phi) is 8.42. The van der Waals surface area contributed by atoms with Crippen LogP contribution in [0.2, 0.25) is 5.02 Å². The molecule has 14 heteroatoms. The van der Waals surface area contributed by atoms with Gasteiger partial charge in [0.25, 0.3) is 5.91 Å². The molecule has 1 heterocycles. The topological polar surface area (TPSA) is 99.5 Å². The molecule has 1 amide bonds. The van der Waals surface area contributed by atoms with E-state index >= 15 is 0 Å². The normalized spacial score (nSPS) is 17.8. The van der Waals surface area contributed by atoms with Gasteiger partial charge in [-0.05, 0) is 50.0 Å². The van der Waals surface area contributed by atoms with Crippen molar-refractivity contribution in [3.05, 3.63) is 69.3 Å². The second kappa shape index (κ2) is 11.2. The van der Waals surface area contributed by atoms with Crippen LogP contribution in [0, 0.1) is 28.4 Å². The van der Waals surface area contributed by atoms with Crippen molar-refractivity contribution in [1.82, 2.24) is 9.62 Å². The average molecular weight is 618 g/mol. The number of rotatable bonds is 8. The molecule has 1 atom stereocenters. The molecule has 2 aromatic carbocycles. The van der Waals surface area contributed by atoms with Gasteiger partial charge in [-0.2, -0.15) is 18.4 Å². The van der Waals surface area contributed by atoms with Gasteiger partial charge in [0.05, 0.1) is 33.9 Å². The lowest BCUT2D eigenvalue weighted by atomic mass is 9.80. The molecule has 2 aliphatic rings. The van der Waals surface area contributed by atoms with Crippen LogP contribution in [0.4, 0.5) is 22.0 Å². The predicted octanol–water partition coefficient (Wildman–Crippen LogP) is 5.86. The zero-order valence-electron chi connectivity index (χ0n) is 21.9. The lowest BCUT2D eigenvalue weighted by Gasteiger charge is -2.40. The highest BCUT2D eigenvalue weighted by molar-refractivity contribution is 7.89. The zero-order chi connectivity index (χ0) is 30.3. The third-order valence-electron chi connectivity index (χ3n) is 7.22. The highest BCUT2D eigenvalue weighted by Crippen LogP contribution is 2.42. The summed E-state index contributed by atoms with van der Waals surface area (Å²) in [6.45, 7) is 1.89. The molecule has 1 N–H and O–H groups in total. The Morgan fingerprint density at radius 2 is 1.85 bits per heavy atom. The first-order valence-electron chi connectivity index (χ1n) is 12.4. The van der Waals surface area contributed by atoms with E-state index < -0.39 is 61.3 Å². The number of allylic oxidation sites excluding steroid dienone is 2. The first kappa shape index (κ1) is 30.7. The number of carbonyl (C=O) groups excluding carboxylic acids is 1. The van der Waals surface area contributed by atoms with Crippen molar-refractivity contribution in [2.45, 2.75) is 38.4 Å². The van der Waals surface area contributed by atoms with Crippen LogP contribution in [0.5, 0.6) is 5.75 Å². The third-order valence-corrected chi connectivity index (χ3v) is 8.06. The number of likely N-dealkylation sites (tertiary alicyclic amines) is 1. The molecule has 4 rings (SSSR count). The van der Waals surface area contributed by atoms with E-state index in [1.165, 1.54) is 6.07 Å². The van der Waals surface area contributed by atoms with Crippen LogP contribution >= 0.6 is 11.6 Å². The van der Waals surface area contributed by atoms with Crippen LogP contribution in [0.15, 0.2) is 30.3 Å². The molecule has 1 aliphatic heterocycles. The van der Waals surface area contributed by atoms with E-state index in [1.807, 2.05) is 0 Å². The summed E-state index contributed by atoms with van der Waals surface area (Å²) in [7, 11) is -3.92. The molecule has 41 heavy (non-hydrogen) atoms. The molecular formula is C27H25ClF5N3O4S. The number of sulfonamides is 1. The lowest BCUT2D eigenvalue weighted by molar-refractivity contribution is -0.137. The Bertz CT molecular complexity index is 1560. The van der Waals surface area contributed by atoms with Crippen LogP contribution in [0.3, 0.4) is 0 Å². The number of ether oxygens (including phenoxy) is 1. The lowest BCUT2D eigenvalue weighted by Crippen LogP contribution is -2.43. The summed E-state index contributed by atoms with van der Waals surface area (Å²) >= 11 is 5.75. The molecule has 220 valence electrons. The molecule has 0 radical (unpaired) electrons. The van der Waals surface area contributed by atoms with Gasteiger partial charge in [0.15, 0.2) is 0 Å². The van der Waals surface area contributed by atoms with E-state index in [9.17, 15) is 40.4 Å². The van der Waals surface area contributed by atoms with E-state index in [-0.39, 0.29) is 43.9 Å². The number of hydrogen-bond acceptors (Lipinski definition) is 6. The quantitative estimate of drug-likeness (QED) is 0.373. The highest BCUT2D eigenvalue weighted by Gasteiger charge is 2.39. The zero-order valence-corrected chi connectivity index (χ0v) is 23.5. The molecule has 1 saturated heterocycles. The minimum Gasteiger partial charge on any atom is -0.491 e. The van der Waals surface area contributed by atoms with Gasteiger partial charge < -0.3 is 4.74 Å². The molecule has 2 aromatic rings. The van der Waals surface area contributed by atoms with Crippen LogP contribution in [-0.2, 0) is 16.2 Å². The molecule has 1 fully saturated rings.